The molecule has 0 saturated carbocycles. The Balaban J connectivity index is 1.56. The summed E-state index contributed by atoms with van der Waals surface area (Å²) in [4.78, 5) is 15.3. The predicted molar refractivity (Wildman–Crippen MR) is 120 cm³/mol. The number of hydrogen-bond acceptors (Lipinski definition) is 8. The van der Waals surface area contributed by atoms with Crippen LogP contribution in [0.4, 0.5) is 4.39 Å². The maximum absolute atomic E-state index is 14.2. The second kappa shape index (κ2) is 8.56. The zero-order chi connectivity index (χ0) is 23.7. The summed E-state index contributed by atoms with van der Waals surface area (Å²) in [5.74, 6) is 0.219. The lowest BCUT2D eigenvalue weighted by molar-refractivity contribution is 0.395. The molecule has 4 heterocycles. The highest BCUT2D eigenvalue weighted by atomic mass is 32.2. The van der Waals surface area contributed by atoms with Crippen molar-refractivity contribution in [1.82, 2.24) is 30.1 Å². The van der Waals surface area contributed by atoms with E-state index in [1.165, 1.54) is 30.6 Å². The van der Waals surface area contributed by atoms with E-state index in [0.29, 0.717) is 22.6 Å². The lowest BCUT2D eigenvalue weighted by Crippen LogP contribution is -2.05. The molecule has 172 valence electrons. The SMILES string of the molecule is CCS(=O)(=O)c1ccc(Oc2cc3[nH]c(-c4cc[nH]n4)nc3cc2Oc2cccnc2F)cn1. The number of fused-ring (bicyclic) bond motifs is 1. The molecule has 0 amide bonds. The Kier molecular flexibility index (Phi) is 5.42. The molecule has 0 radical (unpaired) electrons. The Morgan fingerprint density at radius 3 is 2.59 bits per heavy atom. The first-order chi connectivity index (χ1) is 16.4. The normalized spacial score (nSPS) is 11.6. The quantitative estimate of drug-likeness (QED) is 0.330. The number of sulfone groups is 1. The van der Waals surface area contributed by atoms with Gasteiger partial charge in [-0.2, -0.15) is 9.49 Å². The topological polar surface area (TPSA) is 136 Å². The second-order valence-electron chi connectivity index (χ2n) is 7.09. The third-order valence-corrected chi connectivity index (χ3v) is 6.51. The van der Waals surface area contributed by atoms with Crippen LogP contribution in [0.15, 0.2) is 66.1 Å². The zero-order valence-electron chi connectivity index (χ0n) is 17.7. The first-order valence-electron chi connectivity index (χ1n) is 10.1. The fourth-order valence-corrected chi connectivity index (χ4v) is 3.93. The van der Waals surface area contributed by atoms with Crippen molar-refractivity contribution < 1.29 is 22.3 Å². The molecular weight excluding hydrogens is 463 g/mol. The van der Waals surface area contributed by atoms with Crippen LogP contribution >= 0.6 is 0 Å². The van der Waals surface area contributed by atoms with Gasteiger partial charge in [0, 0.05) is 24.5 Å². The van der Waals surface area contributed by atoms with E-state index >= 15 is 0 Å². The van der Waals surface area contributed by atoms with Gasteiger partial charge in [-0.05, 0) is 30.3 Å². The number of pyridine rings is 2. The summed E-state index contributed by atoms with van der Waals surface area (Å²) in [6, 6.07) is 10.8. The number of aromatic nitrogens is 6. The number of rotatable bonds is 7. The lowest BCUT2D eigenvalue weighted by Gasteiger charge is -2.13. The number of nitrogens with zero attached hydrogens (tertiary/aromatic N) is 4. The summed E-state index contributed by atoms with van der Waals surface area (Å²) < 4.78 is 49.9. The number of imidazole rings is 1. The minimum Gasteiger partial charge on any atom is -0.452 e. The van der Waals surface area contributed by atoms with Gasteiger partial charge in [-0.15, -0.1) is 0 Å². The van der Waals surface area contributed by atoms with Crippen LogP contribution in [0.2, 0.25) is 0 Å². The molecular formula is C22H17FN6O4S. The van der Waals surface area contributed by atoms with E-state index in [2.05, 4.69) is 30.1 Å². The third-order valence-electron chi connectivity index (χ3n) is 4.87. The minimum absolute atomic E-state index is 0.0519. The molecule has 0 unspecified atom stereocenters. The molecule has 0 aliphatic rings. The molecule has 2 N–H and O–H groups in total. The van der Waals surface area contributed by atoms with E-state index in [0.717, 1.165) is 0 Å². The summed E-state index contributed by atoms with van der Waals surface area (Å²) in [5, 5.41) is 6.79. The molecule has 0 fully saturated rings. The summed E-state index contributed by atoms with van der Waals surface area (Å²) in [5.41, 5.74) is 1.76. The molecule has 0 bridgehead atoms. The molecule has 5 aromatic rings. The summed E-state index contributed by atoms with van der Waals surface area (Å²) in [7, 11) is -3.45. The maximum atomic E-state index is 14.2. The standard InChI is InChI=1S/C22H17FN6O4S/c1-2-34(30,31)20-6-5-13(12-25-20)32-18-10-15-16(28-22(27-15)14-7-9-26-29-14)11-19(18)33-17-4-3-8-24-21(17)23/h3-12H,2H2,1H3,(H,26,29)(H,27,28). The number of hydrogen-bond donors (Lipinski definition) is 2. The van der Waals surface area contributed by atoms with Gasteiger partial charge in [-0.1, -0.05) is 6.92 Å². The molecule has 0 atom stereocenters. The van der Waals surface area contributed by atoms with Crippen LogP contribution in [0.25, 0.3) is 22.6 Å². The summed E-state index contributed by atoms with van der Waals surface area (Å²) >= 11 is 0. The van der Waals surface area contributed by atoms with E-state index < -0.39 is 15.8 Å². The van der Waals surface area contributed by atoms with Gasteiger partial charge in [0.15, 0.2) is 37.9 Å². The van der Waals surface area contributed by atoms with E-state index in [1.54, 1.807) is 37.4 Å². The van der Waals surface area contributed by atoms with E-state index in [4.69, 9.17) is 9.47 Å². The van der Waals surface area contributed by atoms with Crippen LogP contribution in [0.3, 0.4) is 0 Å². The smallest absolute Gasteiger partial charge is 0.255 e. The Hall–Kier alpha value is -4.32. The molecule has 0 aliphatic carbocycles. The fourth-order valence-electron chi connectivity index (χ4n) is 3.14. The Labute approximate surface area is 192 Å². The first-order valence-corrected chi connectivity index (χ1v) is 11.8. The van der Waals surface area contributed by atoms with Gasteiger partial charge < -0.3 is 14.5 Å². The molecule has 1 aromatic carbocycles. The van der Waals surface area contributed by atoms with Crippen molar-refractivity contribution in [2.45, 2.75) is 11.9 Å². The summed E-state index contributed by atoms with van der Waals surface area (Å²) in [6.07, 6.45) is 4.28. The van der Waals surface area contributed by atoms with Gasteiger partial charge in [0.05, 0.1) is 23.0 Å². The molecule has 12 heteroatoms. The van der Waals surface area contributed by atoms with Crippen molar-refractivity contribution in [2.75, 3.05) is 5.75 Å². The monoisotopic (exact) mass is 480 g/mol. The van der Waals surface area contributed by atoms with Crippen LogP contribution in [0.5, 0.6) is 23.0 Å². The van der Waals surface area contributed by atoms with Crippen LogP contribution in [-0.4, -0.2) is 44.3 Å². The van der Waals surface area contributed by atoms with Crippen LogP contribution in [-0.2, 0) is 9.84 Å². The van der Waals surface area contributed by atoms with Gasteiger partial charge in [-0.3, -0.25) is 5.10 Å². The average molecular weight is 480 g/mol. The van der Waals surface area contributed by atoms with E-state index in [1.807, 2.05) is 0 Å². The second-order valence-corrected chi connectivity index (χ2v) is 9.32. The number of ether oxygens (including phenoxy) is 2. The largest absolute Gasteiger partial charge is 0.452 e. The molecule has 34 heavy (non-hydrogen) atoms. The Morgan fingerprint density at radius 2 is 1.88 bits per heavy atom. The Morgan fingerprint density at radius 1 is 1.03 bits per heavy atom. The highest BCUT2D eigenvalue weighted by Gasteiger charge is 2.18. The van der Waals surface area contributed by atoms with Crippen molar-refractivity contribution in [2.24, 2.45) is 0 Å². The summed E-state index contributed by atoms with van der Waals surface area (Å²) in [6.45, 7) is 1.54. The van der Waals surface area contributed by atoms with Crippen molar-refractivity contribution >= 4 is 20.9 Å². The molecule has 0 aliphatic heterocycles. The molecule has 10 nitrogen and oxygen atoms in total. The van der Waals surface area contributed by atoms with Gasteiger partial charge in [0.25, 0.3) is 5.95 Å². The van der Waals surface area contributed by atoms with Crippen molar-refractivity contribution in [3.05, 3.63) is 67.0 Å². The first kappa shape index (κ1) is 21.5. The number of aromatic amines is 2. The number of benzene rings is 1. The van der Waals surface area contributed by atoms with Gasteiger partial charge in [-0.25, -0.2) is 23.4 Å². The number of H-pyrrole nitrogens is 2. The number of halogens is 1. The van der Waals surface area contributed by atoms with Crippen molar-refractivity contribution in [3.63, 3.8) is 0 Å². The van der Waals surface area contributed by atoms with Gasteiger partial charge in [0.1, 0.15) is 11.4 Å². The van der Waals surface area contributed by atoms with Crippen molar-refractivity contribution in [3.8, 4) is 34.5 Å². The molecule has 0 spiro atoms. The van der Waals surface area contributed by atoms with Crippen LogP contribution in [0.1, 0.15) is 6.92 Å². The highest BCUT2D eigenvalue weighted by Crippen LogP contribution is 2.38. The Bertz CT molecular complexity index is 1570. The minimum atomic E-state index is -3.45. The highest BCUT2D eigenvalue weighted by molar-refractivity contribution is 7.91. The fraction of sp³-hybridized carbons (Fsp3) is 0.0909. The van der Waals surface area contributed by atoms with Crippen molar-refractivity contribution in [1.29, 1.82) is 0 Å². The molecule has 5 rings (SSSR count). The van der Waals surface area contributed by atoms with Crippen LogP contribution < -0.4 is 9.47 Å². The maximum Gasteiger partial charge on any atom is 0.255 e. The molecule has 4 aromatic heterocycles. The van der Waals surface area contributed by atoms with E-state index in [9.17, 15) is 12.8 Å². The van der Waals surface area contributed by atoms with Crippen LogP contribution in [0, 0.1) is 5.95 Å². The number of nitrogens with one attached hydrogen (secondary N) is 2. The molecule has 0 saturated heterocycles. The van der Waals surface area contributed by atoms with Gasteiger partial charge >= 0.3 is 0 Å². The van der Waals surface area contributed by atoms with Gasteiger partial charge in [0.2, 0.25) is 0 Å². The predicted octanol–water partition coefficient (Wildman–Crippen LogP) is 4.26. The average Bonchev–Trinajstić information content (AvgIpc) is 3.51. The zero-order valence-corrected chi connectivity index (χ0v) is 18.5. The third kappa shape index (κ3) is 4.18. The lowest BCUT2D eigenvalue weighted by atomic mass is 10.2. The van der Waals surface area contributed by atoms with E-state index in [-0.39, 0.29) is 33.8 Å².